The molecule has 0 aromatic heterocycles. The van der Waals surface area contributed by atoms with Gasteiger partial charge in [0.05, 0.1) is 12.3 Å². The summed E-state index contributed by atoms with van der Waals surface area (Å²) >= 11 is 6.01. The Kier molecular flexibility index (Phi) is 7.20. The lowest BCUT2D eigenvalue weighted by molar-refractivity contribution is 0.167. The van der Waals surface area contributed by atoms with E-state index < -0.39 is 13.4 Å². The van der Waals surface area contributed by atoms with Gasteiger partial charge in [0.2, 0.25) is 0 Å². The molecule has 0 saturated heterocycles. The van der Waals surface area contributed by atoms with Crippen LogP contribution in [0.1, 0.15) is 24.5 Å². The van der Waals surface area contributed by atoms with Crippen LogP contribution < -0.4 is 15.9 Å². The van der Waals surface area contributed by atoms with Gasteiger partial charge in [0.25, 0.3) is 0 Å². The van der Waals surface area contributed by atoms with E-state index in [1.165, 1.54) is 15.9 Å². The maximum atomic E-state index is 10.8. The van der Waals surface area contributed by atoms with Crippen LogP contribution in [-0.4, -0.2) is 11.3 Å². The van der Waals surface area contributed by atoms with Crippen molar-refractivity contribution in [1.29, 1.82) is 0 Å². The Morgan fingerprint density at radius 1 is 0.613 bits per heavy atom. The van der Waals surface area contributed by atoms with Crippen LogP contribution in [0, 0.1) is 0 Å². The van der Waals surface area contributed by atoms with Gasteiger partial charge in [-0.2, -0.15) is 0 Å². The lowest BCUT2D eigenvalue weighted by Gasteiger charge is -2.28. The minimum atomic E-state index is -1.84. The first-order valence-corrected chi connectivity index (χ1v) is 13.0. The quantitative estimate of drug-likeness (QED) is 0.322. The first-order valence-electron chi connectivity index (χ1n) is 10.7. The Labute approximate surface area is 190 Å². The van der Waals surface area contributed by atoms with Crippen molar-refractivity contribution in [1.82, 2.24) is 0 Å². The summed E-state index contributed by atoms with van der Waals surface area (Å²) in [6, 6.07) is 40.2. The Morgan fingerprint density at radius 3 is 1.45 bits per heavy atom. The second-order valence-corrected chi connectivity index (χ2v) is 11.8. The first kappa shape index (κ1) is 21.8. The van der Waals surface area contributed by atoms with Crippen molar-refractivity contribution >= 4 is 34.8 Å². The summed E-state index contributed by atoms with van der Waals surface area (Å²) in [5.41, 5.74) is 0.924. The highest BCUT2D eigenvalue weighted by Gasteiger charge is 2.44. The zero-order valence-corrected chi connectivity index (χ0v) is 19.1. The molecule has 0 spiro atoms. The molecule has 1 N–H and O–H groups in total. The molecule has 31 heavy (non-hydrogen) atoms. The summed E-state index contributed by atoms with van der Waals surface area (Å²) in [6.45, 7) is 0. The molecule has 156 valence electrons. The fourth-order valence-corrected chi connectivity index (χ4v) is 8.75. The molecule has 4 rings (SSSR count). The molecule has 0 aliphatic rings. The van der Waals surface area contributed by atoms with Gasteiger partial charge in [-0.1, -0.05) is 78.3 Å². The van der Waals surface area contributed by atoms with Gasteiger partial charge >= 0.3 is 0 Å². The maximum absolute atomic E-state index is 10.8. The first-order chi connectivity index (χ1) is 15.2. The summed E-state index contributed by atoms with van der Waals surface area (Å²) < 4.78 is 0. The summed E-state index contributed by atoms with van der Waals surface area (Å²) in [4.78, 5) is 0. The Balaban J connectivity index is 1.69. The van der Waals surface area contributed by atoms with Gasteiger partial charge in [-0.3, -0.25) is 0 Å². The minimum absolute atomic E-state index is 0.485. The van der Waals surface area contributed by atoms with Gasteiger partial charge in [-0.25, -0.2) is 0 Å². The van der Waals surface area contributed by atoms with Crippen LogP contribution in [0.2, 0.25) is 5.02 Å². The third-order valence-corrected chi connectivity index (χ3v) is 10.6. The van der Waals surface area contributed by atoms with Crippen LogP contribution in [-0.2, 0) is 0 Å². The van der Waals surface area contributed by atoms with Crippen LogP contribution in [0.25, 0.3) is 0 Å². The highest BCUT2D eigenvalue weighted by molar-refractivity contribution is 7.95. The van der Waals surface area contributed by atoms with E-state index in [0.717, 1.165) is 24.6 Å². The van der Waals surface area contributed by atoms with E-state index in [2.05, 4.69) is 91.0 Å². The molecule has 0 saturated carbocycles. The molecule has 4 aromatic rings. The van der Waals surface area contributed by atoms with Gasteiger partial charge in [0, 0.05) is 5.02 Å². The van der Waals surface area contributed by atoms with Gasteiger partial charge in [-0.05, 0) is 66.9 Å². The number of benzene rings is 4. The predicted molar refractivity (Wildman–Crippen MR) is 136 cm³/mol. The summed E-state index contributed by atoms with van der Waals surface area (Å²) in [6.07, 6.45) is 2.17. The van der Waals surface area contributed by atoms with Crippen molar-refractivity contribution in [3.8, 4) is 0 Å². The topological polar surface area (TPSA) is 20.2 Å². The minimum Gasteiger partial charge on any atom is -0.388 e. The highest BCUT2D eigenvalue weighted by atomic mass is 35.5. The van der Waals surface area contributed by atoms with Crippen molar-refractivity contribution in [3.05, 3.63) is 126 Å². The molecule has 0 aliphatic carbocycles. The van der Waals surface area contributed by atoms with Crippen LogP contribution in [0.3, 0.4) is 0 Å². The summed E-state index contributed by atoms with van der Waals surface area (Å²) in [5.74, 6) is 0. The van der Waals surface area contributed by atoms with E-state index in [1.807, 2.05) is 24.3 Å². The fraction of sp³-hybridized carbons (Fsp3) is 0.143. The molecule has 4 aromatic carbocycles. The van der Waals surface area contributed by atoms with Crippen LogP contribution in [0.5, 0.6) is 0 Å². The molecular weight excluding hydrogens is 419 g/mol. The summed E-state index contributed by atoms with van der Waals surface area (Å²) in [5, 5.41) is 15.6. The zero-order chi connectivity index (χ0) is 21.5. The number of rotatable bonds is 8. The predicted octanol–water partition coefficient (Wildman–Crippen LogP) is 6.15. The van der Waals surface area contributed by atoms with Crippen LogP contribution >= 0.6 is 18.9 Å². The van der Waals surface area contributed by atoms with Crippen molar-refractivity contribution in [3.63, 3.8) is 0 Å². The number of halogens is 1. The van der Waals surface area contributed by atoms with E-state index in [-0.39, 0.29) is 0 Å². The van der Waals surface area contributed by atoms with E-state index in [1.54, 1.807) is 0 Å². The van der Waals surface area contributed by atoms with E-state index in [0.29, 0.717) is 5.02 Å². The van der Waals surface area contributed by atoms with Crippen molar-refractivity contribution in [2.75, 3.05) is 6.16 Å². The highest BCUT2D eigenvalue weighted by Crippen LogP contribution is 2.56. The average molecular weight is 446 g/mol. The number of hydrogen-bond donors (Lipinski definition) is 1. The molecule has 0 radical (unpaired) electrons. The maximum Gasteiger partial charge on any atom is 0.112 e. The molecule has 3 heteroatoms. The SMILES string of the molecule is OC(CCC[P+](c1ccccc1)(c1ccccc1)c1ccccc1)c1ccc(Cl)cc1. The Morgan fingerprint density at radius 2 is 1.03 bits per heavy atom. The summed E-state index contributed by atoms with van der Waals surface area (Å²) in [7, 11) is -1.84. The van der Waals surface area contributed by atoms with Crippen molar-refractivity contribution in [2.24, 2.45) is 0 Å². The van der Waals surface area contributed by atoms with Crippen LogP contribution in [0.4, 0.5) is 0 Å². The van der Waals surface area contributed by atoms with E-state index in [4.69, 9.17) is 11.6 Å². The van der Waals surface area contributed by atoms with E-state index in [9.17, 15) is 5.11 Å². The molecule has 1 unspecified atom stereocenters. The second kappa shape index (κ2) is 10.2. The normalized spacial score (nSPS) is 12.5. The zero-order valence-electron chi connectivity index (χ0n) is 17.4. The average Bonchev–Trinajstić information content (AvgIpc) is 2.84. The molecular formula is C28H27ClOP+. The molecule has 0 aliphatic heterocycles. The molecule has 0 heterocycles. The number of hydrogen-bond acceptors (Lipinski definition) is 1. The van der Waals surface area contributed by atoms with Gasteiger partial charge in [0.1, 0.15) is 23.2 Å². The third kappa shape index (κ3) is 4.91. The molecule has 1 nitrogen and oxygen atoms in total. The molecule has 0 fully saturated rings. The van der Waals surface area contributed by atoms with Gasteiger partial charge in [0.15, 0.2) is 0 Å². The largest absolute Gasteiger partial charge is 0.388 e. The second-order valence-electron chi connectivity index (χ2n) is 7.75. The number of aliphatic hydroxyl groups is 1. The Bertz CT molecular complexity index is 970. The molecule has 0 amide bonds. The number of aliphatic hydroxyl groups excluding tert-OH is 1. The monoisotopic (exact) mass is 445 g/mol. The van der Waals surface area contributed by atoms with Crippen molar-refractivity contribution < 1.29 is 5.11 Å². The third-order valence-electron chi connectivity index (χ3n) is 5.82. The standard InChI is InChI=1S/C28H27ClOP/c29-24-20-18-23(19-21-24)28(30)17-10-22-31(25-11-4-1-5-12-25,26-13-6-2-7-14-26)27-15-8-3-9-16-27/h1-9,11-16,18-21,28,30H,10,17,22H2/q+1. The Hall–Kier alpha value is -2.44. The molecule has 0 bridgehead atoms. The van der Waals surface area contributed by atoms with Crippen molar-refractivity contribution in [2.45, 2.75) is 18.9 Å². The van der Waals surface area contributed by atoms with E-state index >= 15 is 0 Å². The lowest BCUT2D eigenvalue weighted by Crippen LogP contribution is -2.33. The van der Waals surface area contributed by atoms with Crippen LogP contribution in [0.15, 0.2) is 115 Å². The van der Waals surface area contributed by atoms with Gasteiger partial charge < -0.3 is 5.11 Å². The lowest BCUT2D eigenvalue weighted by atomic mass is 10.1. The smallest absolute Gasteiger partial charge is 0.112 e. The van der Waals surface area contributed by atoms with Gasteiger partial charge in [-0.15, -0.1) is 0 Å². The fourth-order valence-electron chi connectivity index (χ4n) is 4.26. The molecule has 1 atom stereocenters.